The van der Waals surface area contributed by atoms with Crippen molar-refractivity contribution in [1.29, 1.82) is 0 Å². The third-order valence-electron chi connectivity index (χ3n) is 4.14. The molecule has 1 N–H and O–H groups in total. The van der Waals surface area contributed by atoms with Gasteiger partial charge in [-0.25, -0.2) is 18.2 Å². The summed E-state index contributed by atoms with van der Waals surface area (Å²) < 4.78 is 34.4. The zero-order valence-electron chi connectivity index (χ0n) is 15.8. The number of rotatable bonds is 6. The fraction of sp³-hybridized carbons (Fsp3) is 0.389. The normalized spacial score (nSPS) is 14.7. The van der Waals surface area contributed by atoms with Crippen molar-refractivity contribution in [1.82, 2.24) is 4.98 Å². The highest BCUT2D eigenvalue weighted by atomic mass is 35.5. The predicted molar refractivity (Wildman–Crippen MR) is 110 cm³/mol. The van der Waals surface area contributed by atoms with Crippen molar-refractivity contribution in [2.45, 2.75) is 26.0 Å². The van der Waals surface area contributed by atoms with Crippen LogP contribution in [0.3, 0.4) is 0 Å². The van der Waals surface area contributed by atoms with Crippen LogP contribution >= 0.6 is 22.9 Å². The fourth-order valence-corrected chi connectivity index (χ4v) is 6.13. The summed E-state index contributed by atoms with van der Waals surface area (Å²) in [6, 6.07) is 3.04. The molecule has 1 aliphatic rings. The fourth-order valence-electron chi connectivity index (χ4n) is 2.90. The predicted octanol–water partition coefficient (Wildman–Crippen LogP) is 3.10. The number of nitrogens with one attached hydrogen (secondary N) is 1. The second-order valence-corrected chi connectivity index (χ2v) is 9.83. The number of thiophene rings is 1. The Hall–Kier alpha value is -2.17. The Balaban J connectivity index is 1.98. The SMILES string of the molecule is CCOC(=O)c1c(NC(=O)c2nc(OCC)ccc2Cl)sc2c1CCS(=O)(=O)C2. The summed E-state index contributed by atoms with van der Waals surface area (Å²) in [5, 5.41) is 2.98. The molecular weight excluding hydrogens is 440 g/mol. The van der Waals surface area contributed by atoms with E-state index in [0.717, 1.165) is 11.3 Å². The number of hydrogen-bond donors (Lipinski definition) is 1. The average Bonchev–Trinajstić information content (AvgIpc) is 2.99. The van der Waals surface area contributed by atoms with Crippen LogP contribution in [0, 0.1) is 0 Å². The highest BCUT2D eigenvalue weighted by Gasteiger charge is 2.32. The maximum Gasteiger partial charge on any atom is 0.341 e. The monoisotopic (exact) mass is 458 g/mol. The molecule has 2 aromatic rings. The summed E-state index contributed by atoms with van der Waals surface area (Å²) in [6.45, 7) is 3.97. The molecule has 0 bridgehead atoms. The largest absolute Gasteiger partial charge is 0.478 e. The summed E-state index contributed by atoms with van der Waals surface area (Å²) in [6.07, 6.45) is 0.191. The molecule has 8 nitrogen and oxygen atoms in total. The Labute approximate surface area is 177 Å². The number of aromatic nitrogens is 1. The van der Waals surface area contributed by atoms with Crippen molar-refractivity contribution in [3.8, 4) is 5.88 Å². The molecule has 0 saturated heterocycles. The molecule has 0 fully saturated rings. The van der Waals surface area contributed by atoms with Crippen molar-refractivity contribution >= 4 is 49.7 Å². The molecule has 0 aromatic carbocycles. The lowest BCUT2D eigenvalue weighted by molar-refractivity contribution is 0.0527. The van der Waals surface area contributed by atoms with E-state index in [4.69, 9.17) is 21.1 Å². The zero-order chi connectivity index (χ0) is 21.2. The summed E-state index contributed by atoms with van der Waals surface area (Å²) >= 11 is 7.15. The third-order valence-corrected chi connectivity index (χ3v) is 7.33. The second kappa shape index (κ2) is 8.68. The molecule has 1 aliphatic heterocycles. The molecule has 0 unspecified atom stereocenters. The Kier molecular flexibility index (Phi) is 6.45. The molecule has 0 saturated carbocycles. The lowest BCUT2D eigenvalue weighted by Crippen LogP contribution is -2.20. The van der Waals surface area contributed by atoms with E-state index < -0.39 is 21.7 Å². The first-order valence-electron chi connectivity index (χ1n) is 8.88. The molecular formula is C18H19ClN2O6S2. The summed E-state index contributed by atoms with van der Waals surface area (Å²) in [4.78, 5) is 29.9. The summed E-state index contributed by atoms with van der Waals surface area (Å²) in [7, 11) is -3.24. The van der Waals surface area contributed by atoms with E-state index >= 15 is 0 Å². The Bertz CT molecular complexity index is 1060. The second-order valence-electron chi connectivity index (χ2n) is 6.14. The molecule has 0 atom stereocenters. The number of carbonyl (C=O) groups is 2. The van der Waals surface area contributed by atoms with Gasteiger partial charge in [0, 0.05) is 10.9 Å². The van der Waals surface area contributed by atoms with Crippen molar-refractivity contribution in [3.05, 3.63) is 38.9 Å². The lowest BCUT2D eigenvalue weighted by atomic mass is 10.1. The van der Waals surface area contributed by atoms with Gasteiger partial charge in [0.25, 0.3) is 5.91 Å². The smallest absolute Gasteiger partial charge is 0.341 e. The van der Waals surface area contributed by atoms with Crippen molar-refractivity contribution in [2.75, 3.05) is 24.3 Å². The van der Waals surface area contributed by atoms with Crippen molar-refractivity contribution in [3.63, 3.8) is 0 Å². The van der Waals surface area contributed by atoms with Crippen LogP contribution in [0.15, 0.2) is 12.1 Å². The van der Waals surface area contributed by atoms with E-state index in [1.54, 1.807) is 19.9 Å². The standard InChI is InChI=1S/C18H19ClN2O6S2/c1-3-26-13-6-5-11(19)15(20-13)16(22)21-17-14(18(23)27-4-2)10-7-8-29(24,25)9-12(10)28-17/h5-6H,3-4,7-9H2,1-2H3,(H,21,22). The van der Waals surface area contributed by atoms with Gasteiger partial charge in [0.1, 0.15) is 5.00 Å². The Morgan fingerprint density at radius 1 is 1.28 bits per heavy atom. The zero-order valence-corrected chi connectivity index (χ0v) is 18.2. The molecule has 2 aromatic heterocycles. The van der Waals surface area contributed by atoms with Crippen LogP contribution in [0.5, 0.6) is 5.88 Å². The minimum Gasteiger partial charge on any atom is -0.478 e. The number of pyridine rings is 1. The maximum atomic E-state index is 12.8. The van der Waals surface area contributed by atoms with E-state index in [1.807, 2.05) is 0 Å². The van der Waals surface area contributed by atoms with E-state index in [1.165, 1.54) is 6.07 Å². The minimum atomic E-state index is -3.24. The van der Waals surface area contributed by atoms with Crippen LogP contribution in [0.1, 0.15) is 45.1 Å². The first-order valence-corrected chi connectivity index (χ1v) is 11.9. The molecule has 3 rings (SSSR count). The summed E-state index contributed by atoms with van der Waals surface area (Å²) in [5.74, 6) is -1.23. The molecule has 0 radical (unpaired) electrons. The maximum absolute atomic E-state index is 12.8. The van der Waals surface area contributed by atoms with Gasteiger partial charge < -0.3 is 14.8 Å². The number of sulfone groups is 1. The van der Waals surface area contributed by atoms with E-state index in [0.29, 0.717) is 17.0 Å². The molecule has 3 heterocycles. The highest BCUT2D eigenvalue weighted by Crippen LogP contribution is 2.38. The van der Waals surface area contributed by atoms with Crippen LogP contribution < -0.4 is 10.1 Å². The Morgan fingerprint density at radius 3 is 2.72 bits per heavy atom. The molecule has 0 aliphatic carbocycles. The molecule has 1 amide bonds. The number of carbonyl (C=O) groups excluding carboxylic acids is 2. The number of anilines is 1. The topological polar surface area (TPSA) is 112 Å². The number of hydrogen-bond acceptors (Lipinski definition) is 8. The number of esters is 1. The van der Waals surface area contributed by atoms with Crippen LogP contribution in [0.2, 0.25) is 5.02 Å². The van der Waals surface area contributed by atoms with E-state index in [2.05, 4.69) is 10.3 Å². The number of amides is 1. The van der Waals surface area contributed by atoms with Gasteiger partial charge in [-0.3, -0.25) is 4.79 Å². The highest BCUT2D eigenvalue weighted by molar-refractivity contribution is 7.90. The Morgan fingerprint density at radius 2 is 2.03 bits per heavy atom. The van der Waals surface area contributed by atoms with Crippen molar-refractivity contribution < 1.29 is 27.5 Å². The number of fused-ring (bicyclic) bond motifs is 1. The molecule has 156 valence electrons. The minimum absolute atomic E-state index is 0.0552. The quantitative estimate of drug-likeness (QED) is 0.662. The van der Waals surface area contributed by atoms with Crippen molar-refractivity contribution in [2.24, 2.45) is 0 Å². The third kappa shape index (κ3) is 4.71. The number of ether oxygens (including phenoxy) is 2. The molecule has 29 heavy (non-hydrogen) atoms. The van der Waals surface area contributed by atoms with Gasteiger partial charge in [0.15, 0.2) is 15.5 Å². The average molecular weight is 459 g/mol. The van der Waals surface area contributed by atoms with Crippen LogP contribution in [-0.4, -0.2) is 44.2 Å². The van der Waals surface area contributed by atoms with Gasteiger partial charge in [0.05, 0.1) is 35.3 Å². The van der Waals surface area contributed by atoms with E-state index in [-0.39, 0.29) is 51.7 Å². The first-order chi connectivity index (χ1) is 13.8. The molecule has 0 spiro atoms. The van der Waals surface area contributed by atoms with Gasteiger partial charge in [-0.15, -0.1) is 11.3 Å². The van der Waals surface area contributed by atoms with Gasteiger partial charge in [0.2, 0.25) is 5.88 Å². The van der Waals surface area contributed by atoms with Crippen LogP contribution in [-0.2, 0) is 26.7 Å². The first kappa shape index (κ1) is 21.5. The molecule has 11 heteroatoms. The van der Waals surface area contributed by atoms with Gasteiger partial charge in [-0.2, -0.15) is 0 Å². The van der Waals surface area contributed by atoms with E-state index in [9.17, 15) is 18.0 Å². The van der Waals surface area contributed by atoms with Crippen LogP contribution in [0.25, 0.3) is 0 Å². The van der Waals surface area contributed by atoms with Crippen LogP contribution in [0.4, 0.5) is 5.00 Å². The summed E-state index contributed by atoms with van der Waals surface area (Å²) in [5.41, 5.74) is 0.722. The van der Waals surface area contributed by atoms with Gasteiger partial charge in [-0.1, -0.05) is 11.6 Å². The van der Waals surface area contributed by atoms with Gasteiger partial charge in [-0.05, 0) is 31.9 Å². The lowest BCUT2D eigenvalue weighted by Gasteiger charge is -2.13. The van der Waals surface area contributed by atoms with Gasteiger partial charge >= 0.3 is 5.97 Å². The number of halogens is 1. The number of nitrogens with zero attached hydrogens (tertiary/aromatic N) is 1.